The van der Waals surface area contributed by atoms with Gasteiger partial charge in [-0.25, -0.2) is 0 Å². The van der Waals surface area contributed by atoms with E-state index >= 15 is 0 Å². The summed E-state index contributed by atoms with van der Waals surface area (Å²) in [6, 6.07) is 8.89. The van der Waals surface area contributed by atoms with Crippen LogP contribution in [0.5, 0.6) is 0 Å². The number of nitriles is 1. The minimum atomic E-state index is -0.311. The van der Waals surface area contributed by atoms with Gasteiger partial charge in [-0.3, -0.25) is 9.69 Å². The molecule has 0 saturated carbocycles. The van der Waals surface area contributed by atoms with E-state index in [0.717, 1.165) is 0 Å². The van der Waals surface area contributed by atoms with E-state index in [0.29, 0.717) is 24.3 Å². The molecule has 1 fully saturated rings. The number of carbonyl (C=O) groups excluding carboxylic acids is 1. The van der Waals surface area contributed by atoms with Crippen molar-refractivity contribution in [2.24, 2.45) is 0 Å². The summed E-state index contributed by atoms with van der Waals surface area (Å²) in [5.41, 5.74) is 0.977. The number of aliphatic hydroxyl groups is 1. The Bertz CT molecular complexity index is 461. The van der Waals surface area contributed by atoms with Crippen LogP contribution in [-0.2, 0) is 4.79 Å². The summed E-state index contributed by atoms with van der Waals surface area (Å²) < 4.78 is 0. The lowest BCUT2D eigenvalue weighted by Crippen LogP contribution is -2.53. The zero-order valence-corrected chi connectivity index (χ0v) is 9.26. The van der Waals surface area contributed by atoms with Crippen LogP contribution >= 0.6 is 0 Å². The topological polar surface area (TPSA) is 76.4 Å². The molecule has 0 unspecified atom stereocenters. The zero-order chi connectivity index (χ0) is 12.3. The van der Waals surface area contributed by atoms with Crippen LogP contribution < -0.4 is 5.32 Å². The lowest BCUT2D eigenvalue weighted by atomic mass is 10.1. The summed E-state index contributed by atoms with van der Waals surface area (Å²) in [5.74, 6) is -0.167. The highest BCUT2D eigenvalue weighted by atomic mass is 16.3. The molecule has 0 spiro atoms. The van der Waals surface area contributed by atoms with Crippen molar-refractivity contribution in [1.82, 2.24) is 4.90 Å². The lowest BCUT2D eigenvalue weighted by Gasteiger charge is -2.35. The van der Waals surface area contributed by atoms with Crippen molar-refractivity contribution >= 4 is 11.6 Å². The van der Waals surface area contributed by atoms with Gasteiger partial charge in [-0.15, -0.1) is 0 Å². The van der Waals surface area contributed by atoms with Crippen molar-refractivity contribution in [2.75, 3.05) is 25.0 Å². The van der Waals surface area contributed by atoms with Crippen molar-refractivity contribution < 1.29 is 9.90 Å². The fourth-order valence-electron chi connectivity index (χ4n) is 1.75. The highest BCUT2D eigenvalue weighted by molar-refractivity contribution is 5.93. The van der Waals surface area contributed by atoms with Crippen molar-refractivity contribution in [1.29, 1.82) is 5.26 Å². The first-order valence-electron chi connectivity index (χ1n) is 5.38. The molecule has 1 aromatic carbocycles. The normalized spacial score (nSPS) is 16.0. The highest BCUT2D eigenvalue weighted by Gasteiger charge is 2.25. The third-order valence-electron chi connectivity index (χ3n) is 2.63. The van der Waals surface area contributed by atoms with Gasteiger partial charge in [0.25, 0.3) is 0 Å². The molecule has 0 bridgehead atoms. The number of anilines is 1. The quantitative estimate of drug-likeness (QED) is 0.777. The van der Waals surface area contributed by atoms with Crippen molar-refractivity contribution in [3.63, 3.8) is 0 Å². The van der Waals surface area contributed by atoms with E-state index in [1.165, 1.54) is 0 Å². The van der Waals surface area contributed by atoms with Crippen LogP contribution in [0.3, 0.4) is 0 Å². The van der Waals surface area contributed by atoms with Gasteiger partial charge in [-0.1, -0.05) is 12.1 Å². The smallest absolute Gasteiger partial charge is 0.238 e. The highest BCUT2D eigenvalue weighted by Crippen LogP contribution is 2.14. The van der Waals surface area contributed by atoms with E-state index in [-0.39, 0.29) is 18.6 Å². The number of hydrogen-bond acceptors (Lipinski definition) is 4. The van der Waals surface area contributed by atoms with Crippen LogP contribution in [0, 0.1) is 11.3 Å². The van der Waals surface area contributed by atoms with Crippen molar-refractivity contribution in [2.45, 2.75) is 6.10 Å². The minimum absolute atomic E-state index is 0.167. The number of aliphatic hydroxyl groups excluding tert-OH is 1. The molecule has 1 heterocycles. The molecule has 1 aliphatic heterocycles. The fraction of sp³-hybridized carbons (Fsp3) is 0.333. The Morgan fingerprint density at radius 2 is 2.24 bits per heavy atom. The summed E-state index contributed by atoms with van der Waals surface area (Å²) >= 11 is 0. The molecule has 17 heavy (non-hydrogen) atoms. The largest absolute Gasteiger partial charge is 0.390 e. The average Bonchev–Trinajstić information content (AvgIpc) is 2.27. The van der Waals surface area contributed by atoms with Gasteiger partial charge in [0.1, 0.15) is 6.07 Å². The van der Waals surface area contributed by atoms with Crippen LogP contribution in [0.2, 0.25) is 0 Å². The molecule has 2 rings (SSSR count). The second-order valence-electron chi connectivity index (χ2n) is 4.05. The monoisotopic (exact) mass is 231 g/mol. The van der Waals surface area contributed by atoms with Gasteiger partial charge in [-0.2, -0.15) is 5.26 Å². The number of β-amino-alcohol motifs (C(OH)–C–C–N with tert-alkyl or cyclic N) is 1. The third kappa shape index (κ3) is 2.81. The molecule has 0 aliphatic carbocycles. The Morgan fingerprint density at radius 3 is 2.88 bits per heavy atom. The van der Waals surface area contributed by atoms with Crippen LogP contribution in [0.15, 0.2) is 24.3 Å². The lowest BCUT2D eigenvalue weighted by molar-refractivity contribution is -0.119. The maximum absolute atomic E-state index is 11.6. The first-order valence-corrected chi connectivity index (χ1v) is 5.38. The second-order valence-corrected chi connectivity index (χ2v) is 4.05. The number of nitrogens with one attached hydrogen (secondary N) is 1. The van der Waals surface area contributed by atoms with Crippen LogP contribution in [0.25, 0.3) is 0 Å². The molecule has 1 aromatic rings. The van der Waals surface area contributed by atoms with Crippen molar-refractivity contribution in [3.8, 4) is 6.07 Å². The number of rotatable bonds is 3. The van der Waals surface area contributed by atoms with Gasteiger partial charge in [0, 0.05) is 13.1 Å². The molecular weight excluding hydrogens is 218 g/mol. The van der Waals surface area contributed by atoms with Gasteiger partial charge in [-0.05, 0) is 12.1 Å². The SMILES string of the molecule is N#Cc1ccccc1NC(=O)CN1CC(O)C1. The molecule has 88 valence electrons. The van der Waals surface area contributed by atoms with Crippen LogP contribution in [-0.4, -0.2) is 41.7 Å². The number of hydrogen-bond donors (Lipinski definition) is 2. The summed E-state index contributed by atoms with van der Waals surface area (Å²) in [7, 11) is 0. The first kappa shape index (κ1) is 11.6. The van der Waals surface area contributed by atoms with E-state index in [2.05, 4.69) is 5.32 Å². The predicted molar refractivity (Wildman–Crippen MR) is 62.2 cm³/mol. The number of likely N-dealkylation sites (tertiary alicyclic amines) is 1. The Morgan fingerprint density at radius 1 is 1.53 bits per heavy atom. The van der Waals surface area contributed by atoms with Gasteiger partial charge in [0.15, 0.2) is 0 Å². The molecule has 1 amide bonds. The summed E-state index contributed by atoms with van der Waals surface area (Å²) in [5, 5.41) is 20.6. The van der Waals surface area contributed by atoms with Crippen molar-refractivity contribution in [3.05, 3.63) is 29.8 Å². The van der Waals surface area contributed by atoms with E-state index < -0.39 is 0 Å². The molecule has 5 nitrogen and oxygen atoms in total. The summed E-state index contributed by atoms with van der Waals surface area (Å²) in [4.78, 5) is 13.5. The van der Waals surface area contributed by atoms with E-state index in [1.54, 1.807) is 24.3 Å². The average molecular weight is 231 g/mol. The number of nitrogens with zero attached hydrogens (tertiary/aromatic N) is 2. The Kier molecular flexibility index (Phi) is 3.38. The Balaban J connectivity index is 1.92. The standard InChI is InChI=1S/C12H13N3O2/c13-5-9-3-1-2-4-11(9)14-12(17)8-15-6-10(16)7-15/h1-4,10,16H,6-8H2,(H,14,17). The van der Waals surface area contributed by atoms with Gasteiger partial charge in [0.05, 0.1) is 23.9 Å². The predicted octanol–water partition coefficient (Wildman–Crippen LogP) is 0.173. The molecular formula is C12H13N3O2. The molecule has 0 radical (unpaired) electrons. The number of para-hydroxylation sites is 1. The number of benzene rings is 1. The Labute approximate surface area is 99.3 Å². The Hall–Kier alpha value is -1.90. The number of carbonyl (C=O) groups is 1. The third-order valence-corrected chi connectivity index (χ3v) is 2.63. The first-order chi connectivity index (χ1) is 8.19. The second kappa shape index (κ2) is 4.95. The molecule has 2 N–H and O–H groups in total. The van der Waals surface area contributed by atoms with Crippen LogP contribution in [0.1, 0.15) is 5.56 Å². The molecule has 5 heteroatoms. The zero-order valence-electron chi connectivity index (χ0n) is 9.26. The van der Waals surface area contributed by atoms with E-state index in [9.17, 15) is 4.79 Å². The molecule has 0 atom stereocenters. The van der Waals surface area contributed by atoms with E-state index in [4.69, 9.17) is 10.4 Å². The van der Waals surface area contributed by atoms with Crippen LogP contribution in [0.4, 0.5) is 5.69 Å². The maximum atomic E-state index is 11.6. The van der Waals surface area contributed by atoms with Gasteiger partial charge in [0.2, 0.25) is 5.91 Å². The minimum Gasteiger partial charge on any atom is -0.390 e. The molecule has 0 aromatic heterocycles. The van der Waals surface area contributed by atoms with Gasteiger partial charge >= 0.3 is 0 Å². The summed E-state index contributed by atoms with van der Waals surface area (Å²) in [6.45, 7) is 1.32. The fourth-order valence-corrected chi connectivity index (χ4v) is 1.75. The van der Waals surface area contributed by atoms with Gasteiger partial charge < -0.3 is 10.4 Å². The number of amides is 1. The summed E-state index contributed by atoms with van der Waals surface area (Å²) in [6.07, 6.45) is -0.311. The maximum Gasteiger partial charge on any atom is 0.238 e. The van der Waals surface area contributed by atoms with E-state index in [1.807, 2.05) is 11.0 Å². The molecule has 1 aliphatic rings. The molecule has 1 saturated heterocycles.